The highest BCUT2D eigenvalue weighted by Gasteiger charge is 2.15. The summed E-state index contributed by atoms with van der Waals surface area (Å²) in [6.45, 7) is 4.11. The first-order valence-electron chi connectivity index (χ1n) is 10.1. The van der Waals surface area contributed by atoms with Crippen LogP contribution in [0.4, 0.5) is 11.4 Å². The minimum absolute atomic E-state index is 0.0791. The molecule has 0 saturated carbocycles. The van der Waals surface area contributed by atoms with Crippen LogP contribution in [0.25, 0.3) is 0 Å². The Balaban J connectivity index is 1.69. The molecule has 3 rings (SSSR count). The molecule has 160 valence electrons. The van der Waals surface area contributed by atoms with E-state index < -0.39 is 0 Å². The average molecular weight is 481 g/mol. The predicted octanol–water partition coefficient (Wildman–Crippen LogP) is 5.92. The standard InChI is InChI=1S/C25H25BrN2O3/c1-17(2)24(29)27-20-9-6-10-21(16-20)28-25(30)22-15-19(26)11-12-23(22)31-14-13-18-7-4-3-5-8-18/h3-12,15-17H,13-14H2,1-2H3,(H,27,29)(H,28,30). The van der Waals surface area contributed by atoms with E-state index in [0.29, 0.717) is 29.3 Å². The molecule has 0 atom stereocenters. The molecule has 3 aromatic rings. The Kier molecular flexibility index (Phi) is 7.84. The van der Waals surface area contributed by atoms with E-state index >= 15 is 0 Å². The lowest BCUT2D eigenvalue weighted by molar-refractivity contribution is -0.118. The van der Waals surface area contributed by atoms with E-state index in [1.807, 2.05) is 50.2 Å². The van der Waals surface area contributed by atoms with Crippen molar-refractivity contribution >= 4 is 39.1 Å². The number of anilines is 2. The Hall–Kier alpha value is -3.12. The fraction of sp³-hybridized carbons (Fsp3) is 0.200. The molecule has 6 heteroatoms. The van der Waals surface area contributed by atoms with Crippen LogP contribution < -0.4 is 15.4 Å². The van der Waals surface area contributed by atoms with Gasteiger partial charge in [0.25, 0.3) is 5.91 Å². The van der Waals surface area contributed by atoms with Gasteiger partial charge in [-0.05, 0) is 42.0 Å². The second-order valence-electron chi connectivity index (χ2n) is 7.40. The van der Waals surface area contributed by atoms with E-state index in [0.717, 1.165) is 10.9 Å². The first-order valence-corrected chi connectivity index (χ1v) is 10.9. The van der Waals surface area contributed by atoms with Crippen LogP contribution in [0.5, 0.6) is 5.75 Å². The average Bonchev–Trinajstić information content (AvgIpc) is 2.75. The molecule has 0 spiro atoms. The maximum absolute atomic E-state index is 13.0. The molecule has 3 aromatic carbocycles. The Bertz CT molecular complexity index is 1050. The summed E-state index contributed by atoms with van der Waals surface area (Å²) in [5.41, 5.74) is 2.82. The second-order valence-corrected chi connectivity index (χ2v) is 8.32. The number of carbonyl (C=O) groups is 2. The zero-order valence-electron chi connectivity index (χ0n) is 17.5. The number of hydrogen-bond acceptors (Lipinski definition) is 3. The normalized spacial score (nSPS) is 10.6. The Morgan fingerprint density at radius 1 is 0.903 bits per heavy atom. The zero-order valence-corrected chi connectivity index (χ0v) is 19.1. The second kappa shape index (κ2) is 10.8. The molecule has 0 aliphatic heterocycles. The lowest BCUT2D eigenvalue weighted by Crippen LogP contribution is -2.18. The van der Waals surface area contributed by atoms with Gasteiger partial charge < -0.3 is 15.4 Å². The third kappa shape index (κ3) is 6.69. The molecule has 0 aliphatic rings. The number of benzene rings is 3. The van der Waals surface area contributed by atoms with Crippen molar-refractivity contribution in [1.82, 2.24) is 0 Å². The fourth-order valence-electron chi connectivity index (χ4n) is 2.89. The highest BCUT2D eigenvalue weighted by atomic mass is 79.9. The van der Waals surface area contributed by atoms with E-state index in [2.05, 4.69) is 26.6 Å². The molecule has 5 nitrogen and oxygen atoms in total. The minimum atomic E-state index is -0.289. The molecule has 2 amide bonds. The number of hydrogen-bond donors (Lipinski definition) is 2. The van der Waals surface area contributed by atoms with Crippen molar-refractivity contribution in [2.24, 2.45) is 5.92 Å². The summed E-state index contributed by atoms with van der Waals surface area (Å²) in [5.74, 6) is 0.0179. The minimum Gasteiger partial charge on any atom is -0.492 e. The van der Waals surface area contributed by atoms with Crippen LogP contribution >= 0.6 is 15.9 Å². The van der Waals surface area contributed by atoms with Crippen LogP contribution in [0.3, 0.4) is 0 Å². The molecule has 2 N–H and O–H groups in total. The number of carbonyl (C=O) groups excluding carboxylic acids is 2. The summed E-state index contributed by atoms with van der Waals surface area (Å²) < 4.78 is 6.70. The fourth-order valence-corrected chi connectivity index (χ4v) is 3.25. The van der Waals surface area contributed by atoms with E-state index in [9.17, 15) is 9.59 Å². The van der Waals surface area contributed by atoms with Gasteiger partial charge in [0.1, 0.15) is 5.75 Å². The third-order valence-electron chi connectivity index (χ3n) is 4.59. The molecule has 0 aromatic heterocycles. The largest absolute Gasteiger partial charge is 0.492 e. The van der Waals surface area contributed by atoms with Crippen LogP contribution in [0, 0.1) is 5.92 Å². The van der Waals surface area contributed by atoms with Crippen LogP contribution in [0.1, 0.15) is 29.8 Å². The summed E-state index contributed by atoms with van der Waals surface area (Å²) in [6.07, 6.45) is 0.746. The van der Waals surface area contributed by atoms with Crippen LogP contribution in [0.2, 0.25) is 0 Å². The van der Waals surface area contributed by atoms with Gasteiger partial charge in [0.2, 0.25) is 5.91 Å². The van der Waals surface area contributed by atoms with Gasteiger partial charge in [-0.2, -0.15) is 0 Å². The number of nitrogens with one attached hydrogen (secondary N) is 2. The van der Waals surface area contributed by atoms with Crippen molar-refractivity contribution in [2.75, 3.05) is 17.2 Å². The van der Waals surface area contributed by atoms with Crippen LogP contribution in [-0.4, -0.2) is 18.4 Å². The summed E-state index contributed by atoms with van der Waals surface area (Å²) in [7, 11) is 0. The number of ether oxygens (including phenoxy) is 1. The number of rotatable bonds is 8. The quantitative estimate of drug-likeness (QED) is 0.420. The van der Waals surface area contributed by atoms with Gasteiger partial charge in [0.05, 0.1) is 12.2 Å². The van der Waals surface area contributed by atoms with Crippen molar-refractivity contribution in [1.29, 1.82) is 0 Å². The highest BCUT2D eigenvalue weighted by molar-refractivity contribution is 9.10. The molecule has 0 bridgehead atoms. The highest BCUT2D eigenvalue weighted by Crippen LogP contribution is 2.25. The molecule has 0 fully saturated rings. The van der Waals surface area contributed by atoms with Crippen molar-refractivity contribution in [3.8, 4) is 5.75 Å². The molecule has 0 aliphatic carbocycles. The molecule has 0 heterocycles. The SMILES string of the molecule is CC(C)C(=O)Nc1cccc(NC(=O)c2cc(Br)ccc2OCCc2ccccc2)c1. The summed E-state index contributed by atoms with van der Waals surface area (Å²) in [4.78, 5) is 24.9. The zero-order chi connectivity index (χ0) is 22.2. The van der Waals surface area contributed by atoms with Gasteiger partial charge >= 0.3 is 0 Å². The lowest BCUT2D eigenvalue weighted by atomic mass is 10.1. The third-order valence-corrected chi connectivity index (χ3v) is 5.08. The van der Waals surface area contributed by atoms with Crippen molar-refractivity contribution < 1.29 is 14.3 Å². The van der Waals surface area contributed by atoms with Gasteiger partial charge in [-0.15, -0.1) is 0 Å². The van der Waals surface area contributed by atoms with E-state index in [-0.39, 0.29) is 17.7 Å². The smallest absolute Gasteiger partial charge is 0.259 e. The van der Waals surface area contributed by atoms with Crippen molar-refractivity contribution in [3.05, 3.63) is 88.4 Å². The first-order chi connectivity index (χ1) is 14.9. The van der Waals surface area contributed by atoms with Gasteiger partial charge in [-0.1, -0.05) is 66.2 Å². The maximum Gasteiger partial charge on any atom is 0.259 e. The maximum atomic E-state index is 13.0. The Morgan fingerprint density at radius 3 is 2.32 bits per heavy atom. The topological polar surface area (TPSA) is 67.4 Å². The number of halogens is 1. The number of amides is 2. The van der Waals surface area contributed by atoms with Crippen LogP contribution in [-0.2, 0) is 11.2 Å². The Morgan fingerprint density at radius 2 is 1.61 bits per heavy atom. The summed E-state index contributed by atoms with van der Waals surface area (Å²) in [6, 6.07) is 22.5. The first kappa shape index (κ1) is 22.6. The summed E-state index contributed by atoms with van der Waals surface area (Å²) in [5, 5.41) is 5.72. The van der Waals surface area contributed by atoms with E-state index in [1.165, 1.54) is 5.56 Å². The van der Waals surface area contributed by atoms with Gasteiger partial charge in [0.15, 0.2) is 0 Å². The molecule has 31 heavy (non-hydrogen) atoms. The van der Waals surface area contributed by atoms with Gasteiger partial charge in [-0.25, -0.2) is 0 Å². The van der Waals surface area contributed by atoms with Crippen LogP contribution in [0.15, 0.2) is 77.3 Å². The molecule has 0 saturated heterocycles. The monoisotopic (exact) mass is 480 g/mol. The van der Waals surface area contributed by atoms with Crippen molar-refractivity contribution in [3.63, 3.8) is 0 Å². The van der Waals surface area contributed by atoms with E-state index in [1.54, 1.807) is 36.4 Å². The summed E-state index contributed by atoms with van der Waals surface area (Å²) >= 11 is 3.42. The molecule has 0 unspecified atom stereocenters. The predicted molar refractivity (Wildman–Crippen MR) is 128 cm³/mol. The Labute approximate surface area is 191 Å². The molecular formula is C25H25BrN2O3. The van der Waals surface area contributed by atoms with Gasteiger partial charge in [0, 0.05) is 28.2 Å². The van der Waals surface area contributed by atoms with E-state index in [4.69, 9.17) is 4.74 Å². The molecule has 0 radical (unpaired) electrons. The lowest BCUT2D eigenvalue weighted by Gasteiger charge is -2.13. The van der Waals surface area contributed by atoms with Gasteiger partial charge in [-0.3, -0.25) is 9.59 Å². The molecular weight excluding hydrogens is 456 g/mol. The van der Waals surface area contributed by atoms with Crippen molar-refractivity contribution in [2.45, 2.75) is 20.3 Å².